The molecule has 0 saturated carbocycles. The van der Waals surface area contributed by atoms with Crippen LogP contribution in [0.4, 0.5) is 13.2 Å². The Morgan fingerprint density at radius 2 is 2.11 bits per heavy atom. The number of amides is 1. The summed E-state index contributed by atoms with van der Waals surface area (Å²) in [6.45, 7) is 8.51. The summed E-state index contributed by atoms with van der Waals surface area (Å²) in [5.41, 5.74) is 5.51. The zero-order valence-corrected chi connectivity index (χ0v) is 17.0. The quantitative estimate of drug-likeness (QED) is 0.429. The van der Waals surface area contributed by atoms with E-state index in [2.05, 4.69) is 23.5 Å². The molecule has 1 aliphatic rings. The lowest BCUT2D eigenvalue weighted by molar-refractivity contribution is -0.117. The molecule has 1 amide bonds. The highest BCUT2D eigenvalue weighted by Crippen LogP contribution is 2.39. The molecule has 0 aromatic heterocycles. The van der Waals surface area contributed by atoms with Crippen LogP contribution in [0.5, 0.6) is 0 Å². The van der Waals surface area contributed by atoms with Crippen LogP contribution < -0.4 is 11.1 Å². The number of hydrogen-bond acceptors (Lipinski definition) is 6. The lowest BCUT2D eigenvalue weighted by Crippen LogP contribution is -2.23. The van der Waals surface area contributed by atoms with E-state index in [1.807, 2.05) is 6.07 Å². The molecule has 28 heavy (non-hydrogen) atoms. The number of nitrogens with zero attached hydrogens (tertiary/aromatic N) is 2. The minimum Gasteiger partial charge on any atom is -0.402 e. The maximum atomic E-state index is 12.9. The number of nitrogens with two attached hydrogens (primary N) is 1. The van der Waals surface area contributed by atoms with E-state index < -0.39 is 11.7 Å². The molecule has 0 aromatic rings. The van der Waals surface area contributed by atoms with Crippen molar-refractivity contribution in [3.63, 3.8) is 0 Å². The first-order valence-electron chi connectivity index (χ1n) is 8.18. The van der Waals surface area contributed by atoms with E-state index >= 15 is 0 Å². The number of carbonyl (C=O) groups excluding carboxylic acids is 1. The van der Waals surface area contributed by atoms with E-state index in [0.717, 1.165) is 23.5 Å². The summed E-state index contributed by atoms with van der Waals surface area (Å²) in [6, 6.07) is 1.92. The van der Waals surface area contributed by atoms with E-state index in [1.54, 1.807) is 12.3 Å². The molecule has 0 atom stereocenters. The molecule has 10 heteroatoms. The SMILES string of the molecule is C=C(NC(=O)CSC(CC#N)=NC1=C(C(=C)C(F)(F)F)CCC1)S/C=C(/C)N. The third kappa shape index (κ3) is 8.27. The van der Waals surface area contributed by atoms with E-state index in [0.29, 0.717) is 23.6 Å². The average Bonchev–Trinajstić information content (AvgIpc) is 3.04. The molecule has 1 rings (SSSR count). The number of halogens is 3. The van der Waals surface area contributed by atoms with Crippen molar-refractivity contribution in [2.24, 2.45) is 10.7 Å². The number of rotatable bonds is 8. The molecular weight excluding hydrogens is 409 g/mol. The number of aliphatic imine (C=N–C) groups is 1. The summed E-state index contributed by atoms with van der Waals surface area (Å²) < 4.78 is 38.8. The van der Waals surface area contributed by atoms with Gasteiger partial charge in [0.25, 0.3) is 0 Å². The Labute approximate surface area is 170 Å². The van der Waals surface area contributed by atoms with Gasteiger partial charge in [0.1, 0.15) is 0 Å². The van der Waals surface area contributed by atoms with Gasteiger partial charge in [-0.1, -0.05) is 36.7 Å². The number of nitriles is 1. The van der Waals surface area contributed by atoms with Crippen molar-refractivity contribution in [3.05, 3.63) is 46.1 Å². The molecule has 1 aliphatic carbocycles. The number of hydrogen-bond donors (Lipinski definition) is 2. The third-order valence-corrected chi connectivity index (χ3v) is 5.27. The number of carbonyl (C=O) groups is 1. The summed E-state index contributed by atoms with van der Waals surface area (Å²) in [5.74, 6) is -0.412. The number of allylic oxidation sites excluding steroid dienone is 4. The monoisotopic (exact) mass is 430 g/mol. The first-order chi connectivity index (χ1) is 13.0. The highest BCUT2D eigenvalue weighted by atomic mass is 32.2. The first-order valence-corrected chi connectivity index (χ1v) is 10.0. The molecule has 0 heterocycles. The zero-order chi connectivity index (χ0) is 21.3. The van der Waals surface area contributed by atoms with Crippen LogP contribution in [-0.2, 0) is 4.79 Å². The van der Waals surface area contributed by atoms with Crippen LogP contribution in [0.3, 0.4) is 0 Å². The molecule has 0 spiro atoms. The van der Waals surface area contributed by atoms with Gasteiger partial charge in [-0.2, -0.15) is 18.4 Å². The highest BCUT2D eigenvalue weighted by Gasteiger charge is 2.36. The van der Waals surface area contributed by atoms with Crippen molar-refractivity contribution in [1.29, 1.82) is 5.26 Å². The van der Waals surface area contributed by atoms with Crippen molar-refractivity contribution in [3.8, 4) is 6.07 Å². The lowest BCUT2D eigenvalue weighted by Gasteiger charge is -2.12. The molecule has 3 N–H and O–H groups in total. The van der Waals surface area contributed by atoms with Crippen LogP contribution in [0, 0.1) is 11.3 Å². The Morgan fingerprint density at radius 3 is 2.68 bits per heavy atom. The molecule has 152 valence electrons. The second-order valence-electron chi connectivity index (χ2n) is 5.84. The van der Waals surface area contributed by atoms with Crippen molar-refractivity contribution in [1.82, 2.24) is 5.32 Å². The van der Waals surface area contributed by atoms with E-state index in [1.165, 1.54) is 0 Å². The largest absolute Gasteiger partial charge is 0.416 e. The van der Waals surface area contributed by atoms with Crippen LogP contribution in [0.2, 0.25) is 0 Å². The summed E-state index contributed by atoms with van der Waals surface area (Å²) in [5, 5.41) is 13.8. The minimum absolute atomic E-state index is 0.0474. The van der Waals surface area contributed by atoms with E-state index in [9.17, 15) is 18.0 Å². The van der Waals surface area contributed by atoms with Crippen molar-refractivity contribution < 1.29 is 18.0 Å². The molecule has 0 aromatic carbocycles. The second kappa shape index (κ2) is 11.0. The molecule has 0 radical (unpaired) electrons. The molecule has 0 bridgehead atoms. The number of nitrogens with one attached hydrogen (secondary N) is 1. The second-order valence-corrected chi connectivity index (χ2v) is 7.85. The van der Waals surface area contributed by atoms with Crippen LogP contribution in [0.1, 0.15) is 32.6 Å². The minimum atomic E-state index is -4.52. The Bertz CT molecular complexity index is 773. The molecule has 0 saturated heterocycles. The summed E-state index contributed by atoms with van der Waals surface area (Å²) in [4.78, 5) is 16.2. The van der Waals surface area contributed by atoms with Crippen LogP contribution in [-0.4, -0.2) is 22.9 Å². The van der Waals surface area contributed by atoms with Crippen LogP contribution in [0.15, 0.2) is 51.1 Å². The van der Waals surface area contributed by atoms with Gasteiger partial charge in [-0.05, 0) is 37.2 Å². The van der Waals surface area contributed by atoms with Gasteiger partial charge in [-0.25, -0.2) is 4.99 Å². The van der Waals surface area contributed by atoms with Gasteiger partial charge in [0.05, 0.1) is 33.9 Å². The lowest BCUT2D eigenvalue weighted by atomic mass is 10.1. The Hall–Kier alpha value is -2.12. The fraction of sp³-hybridized carbons (Fsp3) is 0.389. The Kier molecular flexibility index (Phi) is 9.41. The van der Waals surface area contributed by atoms with Gasteiger partial charge in [-0.3, -0.25) is 4.79 Å². The van der Waals surface area contributed by atoms with Gasteiger partial charge < -0.3 is 11.1 Å². The maximum Gasteiger partial charge on any atom is 0.416 e. The smallest absolute Gasteiger partial charge is 0.402 e. The average molecular weight is 431 g/mol. The van der Waals surface area contributed by atoms with Gasteiger partial charge in [0.15, 0.2) is 0 Å². The predicted molar refractivity (Wildman–Crippen MR) is 109 cm³/mol. The van der Waals surface area contributed by atoms with E-state index in [4.69, 9.17) is 11.0 Å². The molecule has 0 aliphatic heterocycles. The van der Waals surface area contributed by atoms with Gasteiger partial charge in [0.2, 0.25) is 5.91 Å². The summed E-state index contributed by atoms with van der Waals surface area (Å²) >= 11 is 2.17. The molecular formula is C18H21F3N4OS2. The van der Waals surface area contributed by atoms with Crippen LogP contribution in [0.25, 0.3) is 0 Å². The molecule has 0 unspecified atom stereocenters. The number of alkyl halides is 3. The Morgan fingerprint density at radius 1 is 1.43 bits per heavy atom. The summed E-state index contributed by atoms with van der Waals surface area (Å²) in [7, 11) is 0. The normalized spacial score (nSPS) is 15.4. The summed E-state index contributed by atoms with van der Waals surface area (Å²) in [6.07, 6.45) is -3.45. The maximum absolute atomic E-state index is 12.9. The molecule has 5 nitrogen and oxygen atoms in total. The number of thioether (sulfide) groups is 2. The van der Waals surface area contributed by atoms with Crippen molar-refractivity contribution in [2.75, 3.05) is 5.75 Å². The predicted octanol–water partition coefficient (Wildman–Crippen LogP) is 4.73. The van der Waals surface area contributed by atoms with Gasteiger partial charge in [-0.15, -0.1) is 0 Å². The first kappa shape index (κ1) is 23.9. The van der Waals surface area contributed by atoms with E-state index in [-0.39, 0.29) is 40.8 Å². The topological polar surface area (TPSA) is 91.3 Å². The highest BCUT2D eigenvalue weighted by molar-refractivity contribution is 8.14. The third-order valence-electron chi connectivity index (χ3n) is 3.42. The zero-order valence-electron chi connectivity index (χ0n) is 15.4. The fourth-order valence-electron chi connectivity index (χ4n) is 2.22. The fourth-order valence-corrected chi connectivity index (χ4v) is 3.43. The van der Waals surface area contributed by atoms with Gasteiger partial charge >= 0.3 is 6.18 Å². The standard InChI is InChI=1S/C18H21F3N4OS2/c1-11(23)9-27-13(3)24-16(26)10-28-17(7-8-22)25-15-6-4-5-14(15)12(2)18(19,20)21/h9H,2-7,10,23H2,1H3,(H,24,26)/b11-9-,25-17?. The van der Waals surface area contributed by atoms with Gasteiger partial charge in [0, 0.05) is 11.4 Å². The van der Waals surface area contributed by atoms with Crippen LogP contribution >= 0.6 is 23.5 Å². The molecule has 0 fully saturated rings. The van der Waals surface area contributed by atoms with Crippen molar-refractivity contribution in [2.45, 2.75) is 38.8 Å². The Balaban J connectivity index is 2.81. The van der Waals surface area contributed by atoms with Crippen molar-refractivity contribution >= 4 is 34.5 Å².